The average Bonchev–Trinajstić information content (AvgIpc) is 1.95. The van der Waals surface area contributed by atoms with Crippen molar-refractivity contribution in [3.05, 3.63) is 0 Å². The van der Waals surface area contributed by atoms with Gasteiger partial charge in [0, 0.05) is 6.54 Å². The zero-order chi connectivity index (χ0) is 12.2. The number of hydrogen-bond acceptors (Lipinski definition) is 7. The van der Waals surface area contributed by atoms with E-state index in [1.807, 2.05) is 0 Å². The molecule has 9 heteroatoms. The molecule has 0 spiro atoms. The Labute approximate surface area is 117 Å². The Morgan fingerprint density at radius 3 is 1.81 bits per heavy atom. The van der Waals surface area contributed by atoms with Crippen LogP contribution in [0.15, 0.2) is 0 Å². The third-order valence-corrected chi connectivity index (χ3v) is 2.57. The van der Waals surface area contributed by atoms with Crippen molar-refractivity contribution in [3.63, 3.8) is 0 Å². The summed E-state index contributed by atoms with van der Waals surface area (Å²) in [5.41, 5.74) is 0. The van der Waals surface area contributed by atoms with Crippen molar-refractivity contribution in [1.82, 2.24) is 4.90 Å². The number of aliphatic hydroxyl groups is 3. The van der Waals surface area contributed by atoms with Crippen molar-refractivity contribution >= 4 is 10.1 Å². The Morgan fingerprint density at radius 1 is 1.19 bits per heavy atom. The van der Waals surface area contributed by atoms with Crippen LogP contribution in [-0.4, -0.2) is 64.0 Å². The Hall–Kier alpha value is 0.750. The van der Waals surface area contributed by atoms with Crippen molar-refractivity contribution < 1.29 is 57.8 Å². The first-order valence-electron chi connectivity index (χ1n) is 4.37. The molecule has 0 aliphatic carbocycles. The molecule has 0 saturated heterocycles. The van der Waals surface area contributed by atoms with Crippen molar-refractivity contribution in [2.24, 2.45) is 0 Å². The van der Waals surface area contributed by atoms with E-state index in [0.717, 1.165) is 4.90 Å². The normalized spacial score (nSPS) is 17.7. The van der Waals surface area contributed by atoms with Crippen LogP contribution in [0.5, 0.6) is 0 Å². The summed E-state index contributed by atoms with van der Waals surface area (Å²) < 4.78 is 30.9. The number of hydrogen-bond donors (Lipinski definition) is 3. The van der Waals surface area contributed by atoms with Gasteiger partial charge in [0.1, 0.15) is 12.5 Å². The van der Waals surface area contributed by atoms with Gasteiger partial charge in [-0.05, 0) is 13.8 Å². The standard InChI is InChI=1S/C7H17NO6S.Na/c1-5(9)8(6(2)10)3-7(11)4-15(12,13)14;/h5-7,9-11H,3-4H2,1-2H3,(H,12,13,14);/q;+1/p-1. The smallest absolute Gasteiger partial charge is 0.748 e. The van der Waals surface area contributed by atoms with E-state index in [1.165, 1.54) is 13.8 Å². The molecule has 0 saturated carbocycles. The molecule has 0 fully saturated rings. The molecule has 0 aromatic carbocycles. The molecule has 0 bridgehead atoms. The summed E-state index contributed by atoms with van der Waals surface area (Å²) >= 11 is 0. The summed E-state index contributed by atoms with van der Waals surface area (Å²) in [4.78, 5) is 1.05. The van der Waals surface area contributed by atoms with Crippen molar-refractivity contribution in [1.29, 1.82) is 0 Å². The zero-order valence-corrected chi connectivity index (χ0v) is 12.4. The average molecular weight is 265 g/mol. The van der Waals surface area contributed by atoms with Gasteiger partial charge in [0.25, 0.3) is 0 Å². The fourth-order valence-corrected chi connectivity index (χ4v) is 1.73. The van der Waals surface area contributed by atoms with Gasteiger partial charge < -0.3 is 19.9 Å². The van der Waals surface area contributed by atoms with Gasteiger partial charge in [0.2, 0.25) is 0 Å². The van der Waals surface area contributed by atoms with Crippen LogP contribution in [0.1, 0.15) is 13.8 Å². The quantitative estimate of drug-likeness (QED) is 0.249. The molecule has 3 unspecified atom stereocenters. The van der Waals surface area contributed by atoms with E-state index < -0.39 is 34.4 Å². The molecule has 0 amide bonds. The van der Waals surface area contributed by atoms with Crippen LogP contribution in [0, 0.1) is 0 Å². The summed E-state index contributed by atoms with van der Waals surface area (Å²) in [6.45, 7) is 2.41. The minimum absolute atomic E-state index is 0. The maximum atomic E-state index is 10.3. The van der Waals surface area contributed by atoms with E-state index in [9.17, 15) is 18.1 Å². The molecule has 0 rings (SSSR count). The predicted molar refractivity (Wildman–Crippen MR) is 50.6 cm³/mol. The van der Waals surface area contributed by atoms with Crippen LogP contribution in [0.25, 0.3) is 0 Å². The van der Waals surface area contributed by atoms with E-state index in [4.69, 9.17) is 10.2 Å². The molecule has 0 radical (unpaired) electrons. The molecule has 7 nitrogen and oxygen atoms in total. The molecule has 92 valence electrons. The van der Waals surface area contributed by atoms with Crippen molar-refractivity contribution in [2.45, 2.75) is 32.4 Å². The van der Waals surface area contributed by atoms with E-state index in [0.29, 0.717) is 0 Å². The van der Waals surface area contributed by atoms with Gasteiger partial charge in [0.15, 0.2) is 0 Å². The first-order valence-corrected chi connectivity index (χ1v) is 5.94. The van der Waals surface area contributed by atoms with E-state index in [-0.39, 0.29) is 36.1 Å². The predicted octanol–water partition coefficient (Wildman–Crippen LogP) is -5.12. The third-order valence-electron chi connectivity index (χ3n) is 1.78. The summed E-state index contributed by atoms with van der Waals surface area (Å²) in [6, 6.07) is 0. The van der Waals surface area contributed by atoms with Crippen molar-refractivity contribution in [2.75, 3.05) is 12.3 Å². The minimum atomic E-state index is -4.51. The summed E-state index contributed by atoms with van der Waals surface area (Å²) in [5.74, 6) is -0.942. The van der Waals surface area contributed by atoms with Crippen LogP contribution < -0.4 is 29.6 Å². The molecular weight excluding hydrogens is 249 g/mol. The molecule has 3 N–H and O–H groups in total. The maximum absolute atomic E-state index is 10.3. The molecule has 0 heterocycles. The molecule has 3 atom stereocenters. The molecule has 16 heavy (non-hydrogen) atoms. The SMILES string of the molecule is CC(O)N(CC(O)CS(=O)(=O)[O-])C(C)O.[Na+]. The molecule has 0 aliphatic heterocycles. The van der Waals surface area contributed by atoms with Crippen LogP contribution >= 0.6 is 0 Å². The first-order chi connectivity index (χ1) is 6.63. The van der Waals surface area contributed by atoms with E-state index in [2.05, 4.69) is 0 Å². The Morgan fingerprint density at radius 2 is 1.56 bits per heavy atom. The number of nitrogens with zero attached hydrogens (tertiary/aromatic N) is 1. The van der Waals surface area contributed by atoms with E-state index in [1.54, 1.807) is 0 Å². The van der Waals surface area contributed by atoms with Gasteiger partial charge in [0.05, 0.1) is 22.0 Å². The Bertz CT molecular complexity index is 273. The minimum Gasteiger partial charge on any atom is -0.748 e. The first kappa shape index (κ1) is 19.1. The summed E-state index contributed by atoms with van der Waals surface area (Å²) in [5, 5.41) is 27.5. The fraction of sp³-hybridized carbons (Fsp3) is 1.00. The van der Waals surface area contributed by atoms with Crippen LogP contribution in [0.2, 0.25) is 0 Å². The zero-order valence-electron chi connectivity index (χ0n) is 9.57. The van der Waals surface area contributed by atoms with Gasteiger partial charge in [-0.2, -0.15) is 0 Å². The third kappa shape index (κ3) is 8.85. The Balaban J connectivity index is 0. The largest absolute Gasteiger partial charge is 1.00 e. The second kappa shape index (κ2) is 7.96. The Kier molecular flexibility index (Phi) is 9.50. The number of aliphatic hydroxyl groups excluding tert-OH is 3. The van der Waals surface area contributed by atoms with Gasteiger partial charge in [-0.15, -0.1) is 0 Å². The molecular formula is C7H16NNaO6S. The van der Waals surface area contributed by atoms with Crippen molar-refractivity contribution in [3.8, 4) is 0 Å². The fourth-order valence-electron chi connectivity index (χ4n) is 1.15. The summed E-state index contributed by atoms with van der Waals surface area (Å²) in [7, 11) is -4.51. The van der Waals surface area contributed by atoms with Gasteiger partial charge in [-0.25, -0.2) is 8.42 Å². The van der Waals surface area contributed by atoms with Crippen LogP contribution in [0.3, 0.4) is 0 Å². The van der Waals surface area contributed by atoms with Gasteiger partial charge in [-0.1, -0.05) is 0 Å². The second-order valence-electron chi connectivity index (χ2n) is 3.34. The summed E-state index contributed by atoms with van der Waals surface area (Å²) in [6.07, 6.45) is -3.53. The molecule has 0 aromatic heterocycles. The van der Waals surface area contributed by atoms with Crippen LogP contribution in [0.4, 0.5) is 0 Å². The van der Waals surface area contributed by atoms with Gasteiger partial charge >= 0.3 is 29.6 Å². The van der Waals surface area contributed by atoms with Crippen LogP contribution in [-0.2, 0) is 10.1 Å². The van der Waals surface area contributed by atoms with Gasteiger partial charge in [-0.3, -0.25) is 4.90 Å². The topological polar surface area (TPSA) is 121 Å². The molecule has 0 aliphatic rings. The van der Waals surface area contributed by atoms with E-state index >= 15 is 0 Å². The number of rotatable bonds is 6. The maximum Gasteiger partial charge on any atom is 1.00 e. The second-order valence-corrected chi connectivity index (χ2v) is 4.79. The monoisotopic (exact) mass is 265 g/mol. The molecule has 0 aromatic rings.